The second-order valence-corrected chi connectivity index (χ2v) is 6.34. The van der Waals surface area contributed by atoms with Crippen LogP contribution in [0, 0.1) is 0 Å². The minimum absolute atomic E-state index is 0.163. The lowest BCUT2D eigenvalue weighted by Crippen LogP contribution is -2.03. The Balaban J connectivity index is 3.72. The minimum Gasteiger partial charge on any atom is -0.460 e. The maximum Gasteiger partial charge on any atom is 0.305 e. The third-order valence-corrected chi connectivity index (χ3v) is 4.61. The first-order valence-corrected chi connectivity index (χ1v) is 5.88. The molecule has 0 bridgehead atoms. The van der Waals surface area contributed by atoms with Crippen molar-refractivity contribution in [2.45, 2.75) is 13.3 Å². The van der Waals surface area contributed by atoms with Gasteiger partial charge in [0.1, 0.15) is 6.61 Å². The minimum atomic E-state index is -0.163. The highest BCUT2D eigenvalue weighted by Crippen LogP contribution is 2.24. The topological polar surface area (TPSA) is 26.3 Å². The van der Waals surface area contributed by atoms with Crippen LogP contribution in [0.2, 0.25) is 0 Å². The molecule has 2 nitrogen and oxygen atoms in total. The first-order chi connectivity index (χ1) is 5.07. The molecule has 0 saturated heterocycles. The van der Waals surface area contributed by atoms with Crippen molar-refractivity contribution in [3.8, 4) is 0 Å². The maximum absolute atomic E-state index is 10.7. The Kier molecular flexibility index (Phi) is 7.34. The van der Waals surface area contributed by atoms with Crippen LogP contribution in [0.15, 0.2) is 6.07 Å². The van der Waals surface area contributed by atoms with Gasteiger partial charge in [0.15, 0.2) is 0 Å². The van der Waals surface area contributed by atoms with Crippen molar-refractivity contribution >= 4 is 67.1 Å². The molecule has 0 amide bonds. The lowest BCUT2D eigenvalue weighted by molar-refractivity contribution is -0.142. The van der Waals surface area contributed by atoms with Crippen molar-refractivity contribution in [1.29, 1.82) is 0 Å². The predicted octanol–water partition coefficient (Wildman–Crippen LogP) is 3.37. The smallest absolute Gasteiger partial charge is 0.305 e. The number of halogens is 3. The van der Waals surface area contributed by atoms with Crippen molar-refractivity contribution in [1.82, 2.24) is 0 Å². The molecule has 0 N–H and O–H groups in total. The summed E-state index contributed by atoms with van der Waals surface area (Å²) in [5.41, 5.74) is 0. The Labute approximate surface area is 102 Å². The number of hydrogen-bond donors (Lipinski definition) is 0. The normalized spacial score (nSPS) is 12.4. The zero-order valence-corrected chi connectivity index (χ0v) is 11.8. The van der Waals surface area contributed by atoms with E-state index in [1.165, 1.54) is 0 Å². The summed E-state index contributed by atoms with van der Waals surface area (Å²) >= 11 is 7.53. The molecule has 0 aromatic rings. The molecule has 0 aromatic carbocycles. The van der Waals surface area contributed by atoms with Crippen LogP contribution in [0.3, 0.4) is 0 Å². The molecule has 0 spiro atoms. The van der Waals surface area contributed by atoms with E-state index >= 15 is 0 Å². The molecule has 0 aliphatic rings. The first kappa shape index (κ1) is 12.2. The summed E-state index contributed by atoms with van der Waals surface area (Å²) in [5.74, 6) is -0.163. The molecule has 0 saturated carbocycles. The molecule has 0 aromatic heterocycles. The SMILES string of the molecule is CCC(=O)OC/C(I)=C(/Br)I. The van der Waals surface area contributed by atoms with Crippen LogP contribution >= 0.6 is 61.1 Å². The molecular weight excluding hydrogens is 438 g/mol. The highest BCUT2D eigenvalue weighted by Gasteiger charge is 2.01. The van der Waals surface area contributed by atoms with Crippen LogP contribution in [-0.2, 0) is 9.53 Å². The zero-order valence-electron chi connectivity index (χ0n) is 5.86. The molecule has 0 aliphatic carbocycles. The summed E-state index contributed by atoms with van der Waals surface area (Å²) in [6.07, 6.45) is 0.433. The van der Waals surface area contributed by atoms with E-state index in [4.69, 9.17) is 4.74 Å². The Morgan fingerprint density at radius 3 is 2.45 bits per heavy atom. The molecule has 5 heteroatoms. The average Bonchev–Trinajstić information content (AvgIpc) is 1.99. The second kappa shape index (κ2) is 6.64. The van der Waals surface area contributed by atoms with Crippen LogP contribution in [0.4, 0.5) is 0 Å². The number of carbonyl (C=O) groups is 1. The van der Waals surface area contributed by atoms with Crippen molar-refractivity contribution in [2.75, 3.05) is 6.61 Å². The molecule has 0 aliphatic heterocycles. The fourth-order valence-electron chi connectivity index (χ4n) is 0.300. The number of ether oxygens (including phenoxy) is 1. The van der Waals surface area contributed by atoms with Gasteiger partial charge in [0.25, 0.3) is 0 Å². The van der Waals surface area contributed by atoms with E-state index in [1.54, 1.807) is 6.92 Å². The summed E-state index contributed by atoms with van der Waals surface area (Å²) < 4.78 is 6.87. The third-order valence-electron chi connectivity index (χ3n) is 0.854. The van der Waals surface area contributed by atoms with E-state index in [0.717, 1.165) is 6.07 Å². The van der Waals surface area contributed by atoms with Gasteiger partial charge in [-0.1, -0.05) is 6.92 Å². The Bertz CT molecular complexity index is 175. The van der Waals surface area contributed by atoms with E-state index in [2.05, 4.69) is 61.1 Å². The lowest BCUT2D eigenvalue weighted by Gasteiger charge is -2.01. The largest absolute Gasteiger partial charge is 0.460 e. The van der Waals surface area contributed by atoms with Gasteiger partial charge in [-0.3, -0.25) is 4.79 Å². The monoisotopic (exact) mass is 444 g/mol. The fraction of sp³-hybridized carbons (Fsp3) is 0.500. The van der Waals surface area contributed by atoms with Gasteiger partial charge in [-0.2, -0.15) is 0 Å². The molecule has 11 heavy (non-hydrogen) atoms. The molecular formula is C6H7BrI2O2. The van der Waals surface area contributed by atoms with Crippen molar-refractivity contribution < 1.29 is 9.53 Å². The zero-order chi connectivity index (χ0) is 8.85. The lowest BCUT2D eigenvalue weighted by atomic mass is 10.5. The Morgan fingerprint density at radius 1 is 1.55 bits per heavy atom. The standard InChI is InChI=1S/C6H7BrI2O2/c1-2-5(10)11-3-4(8)6(7)9/h2-3H2,1H3/b6-4+. The molecule has 0 unspecified atom stereocenters. The van der Waals surface area contributed by atoms with E-state index in [0.29, 0.717) is 13.0 Å². The molecule has 64 valence electrons. The second-order valence-electron chi connectivity index (χ2n) is 1.68. The summed E-state index contributed by atoms with van der Waals surface area (Å²) in [6.45, 7) is 2.15. The van der Waals surface area contributed by atoms with Crippen LogP contribution < -0.4 is 0 Å². The van der Waals surface area contributed by atoms with E-state index < -0.39 is 0 Å². The molecule has 0 atom stereocenters. The third kappa shape index (κ3) is 6.32. The fourth-order valence-corrected chi connectivity index (χ4v) is 0.726. The van der Waals surface area contributed by atoms with Gasteiger partial charge in [-0.25, -0.2) is 0 Å². The van der Waals surface area contributed by atoms with Crippen molar-refractivity contribution in [3.05, 3.63) is 6.07 Å². The van der Waals surface area contributed by atoms with Crippen molar-refractivity contribution in [2.24, 2.45) is 0 Å². The molecule has 0 fully saturated rings. The van der Waals surface area contributed by atoms with Crippen LogP contribution in [0.5, 0.6) is 0 Å². The van der Waals surface area contributed by atoms with Gasteiger partial charge >= 0.3 is 5.97 Å². The van der Waals surface area contributed by atoms with Crippen LogP contribution in [0.1, 0.15) is 13.3 Å². The Hall–Kier alpha value is 1.15. The van der Waals surface area contributed by atoms with Gasteiger partial charge in [-0.15, -0.1) is 0 Å². The average molecular weight is 445 g/mol. The van der Waals surface area contributed by atoms with Gasteiger partial charge in [0.2, 0.25) is 0 Å². The molecule has 0 rings (SSSR count). The highest BCUT2D eigenvalue weighted by atomic mass is 127. The summed E-state index contributed by atoms with van der Waals surface area (Å²) in [4.78, 5) is 10.7. The summed E-state index contributed by atoms with van der Waals surface area (Å²) in [6, 6.07) is 0. The van der Waals surface area contributed by atoms with E-state index in [9.17, 15) is 4.79 Å². The number of carbonyl (C=O) groups excluding carboxylic acids is 1. The van der Waals surface area contributed by atoms with Crippen molar-refractivity contribution in [3.63, 3.8) is 0 Å². The van der Waals surface area contributed by atoms with Crippen LogP contribution in [0.25, 0.3) is 0 Å². The first-order valence-electron chi connectivity index (χ1n) is 2.93. The van der Waals surface area contributed by atoms with E-state index in [1.807, 2.05) is 0 Å². The number of hydrogen-bond acceptors (Lipinski definition) is 2. The number of rotatable bonds is 3. The van der Waals surface area contributed by atoms with Gasteiger partial charge < -0.3 is 4.74 Å². The summed E-state index contributed by atoms with van der Waals surface area (Å²) in [7, 11) is 0. The summed E-state index contributed by atoms with van der Waals surface area (Å²) in [5, 5.41) is 0. The highest BCUT2D eigenvalue weighted by molar-refractivity contribution is 14.1. The molecule has 0 heterocycles. The van der Waals surface area contributed by atoms with Gasteiger partial charge in [0, 0.05) is 10.0 Å². The van der Waals surface area contributed by atoms with Gasteiger partial charge in [0.05, 0.1) is 2.49 Å². The number of esters is 1. The van der Waals surface area contributed by atoms with E-state index in [-0.39, 0.29) is 5.97 Å². The predicted molar refractivity (Wildman–Crippen MR) is 65.2 cm³/mol. The quantitative estimate of drug-likeness (QED) is 0.493. The molecule has 0 radical (unpaired) electrons. The van der Waals surface area contributed by atoms with Gasteiger partial charge in [-0.05, 0) is 61.1 Å². The van der Waals surface area contributed by atoms with Crippen LogP contribution in [-0.4, -0.2) is 12.6 Å². The maximum atomic E-state index is 10.7. The Morgan fingerprint density at radius 2 is 2.09 bits per heavy atom.